The second kappa shape index (κ2) is 5.39. The van der Waals surface area contributed by atoms with Gasteiger partial charge in [-0.2, -0.15) is 0 Å². The van der Waals surface area contributed by atoms with Gasteiger partial charge in [0.1, 0.15) is 5.82 Å². The van der Waals surface area contributed by atoms with E-state index in [0.717, 1.165) is 16.5 Å². The number of benzene rings is 2. The molecule has 0 fully saturated rings. The monoisotopic (exact) mass is 266 g/mol. The van der Waals surface area contributed by atoms with Crippen molar-refractivity contribution in [1.29, 1.82) is 0 Å². The fourth-order valence-corrected chi connectivity index (χ4v) is 2.49. The molecule has 2 aromatic carbocycles. The number of hydrogen-bond acceptors (Lipinski definition) is 2. The van der Waals surface area contributed by atoms with Crippen LogP contribution >= 0.6 is 0 Å². The molecule has 0 radical (unpaired) electrons. The maximum atomic E-state index is 13.8. The predicted molar refractivity (Wildman–Crippen MR) is 78.8 cm³/mol. The van der Waals surface area contributed by atoms with Gasteiger partial charge >= 0.3 is 0 Å². The molecule has 0 aliphatic rings. The molecule has 3 rings (SSSR count). The first-order valence-electron chi connectivity index (χ1n) is 6.57. The van der Waals surface area contributed by atoms with Crippen LogP contribution in [0.15, 0.2) is 60.9 Å². The Bertz CT molecular complexity index is 725. The molecule has 20 heavy (non-hydrogen) atoms. The first-order valence-corrected chi connectivity index (χ1v) is 6.57. The Kier molecular flexibility index (Phi) is 3.44. The van der Waals surface area contributed by atoms with E-state index >= 15 is 0 Å². The van der Waals surface area contributed by atoms with E-state index < -0.39 is 0 Å². The third-order valence-electron chi connectivity index (χ3n) is 3.51. The van der Waals surface area contributed by atoms with Crippen LogP contribution in [0.4, 0.5) is 4.39 Å². The van der Waals surface area contributed by atoms with Crippen LogP contribution in [0, 0.1) is 5.82 Å². The van der Waals surface area contributed by atoms with Gasteiger partial charge in [0.05, 0.1) is 0 Å². The summed E-state index contributed by atoms with van der Waals surface area (Å²) >= 11 is 0. The lowest BCUT2D eigenvalue weighted by Crippen LogP contribution is -2.14. The van der Waals surface area contributed by atoms with Crippen LogP contribution in [0.3, 0.4) is 0 Å². The first-order chi connectivity index (χ1) is 9.75. The molecule has 1 aromatic heterocycles. The Hall–Kier alpha value is -2.26. The molecule has 0 aliphatic carbocycles. The van der Waals surface area contributed by atoms with Crippen LogP contribution in [0.5, 0.6) is 0 Å². The summed E-state index contributed by atoms with van der Waals surface area (Å²) in [5, 5.41) is 1.50. The van der Waals surface area contributed by atoms with Gasteiger partial charge in [0.2, 0.25) is 0 Å². The molecule has 3 heteroatoms. The summed E-state index contributed by atoms with van der Waals surface area (Å²) in [5.74, 6) is -0.208. The second-order valence-electron chi connectivity index (χ2n) is 4.85. The van der Waals surface area contributed by atoms with Gasteiger partial charge in [-0.3, -0.25) is 4.98 Å². The molecule has 1 unspecified atom stereocenters. The zero-order chi connectivity index (χ0) is 13.9. The Morgan fingerprint density at radius 2 is 1.65 bits per heavy atom. The smallest absolute Gasteiger partial charge is 0.131 e. The molecular formula is C17H15FN2. The van der Waals surface area contributed by atoms with E-state index in [1.165, 1.54) is 6.07 Å². The Balaban J connectivity index is 2.00. The van der Waals surface area contributed by atoms with Crippen molar-refractivity contribution in [2.24, 2.45) is 5.73 Å². The Labute approximate surface area is 117 Å². The largest absolute Gasteiger partial charge is 0.324 e. The summed E-state index contributed by atoms with van der Waals surface area (Å²) in [6.07, 6.45) is 4.22. The third kappa shape index (κ3) is 2.40. The van der Waals surface area contributed by atoms with E-state index in [9.17, 15) is 4.39 Å². The highest BCUT2D eigenvalue weighted by molar-refractivity contribution is 5.86. The maximum Gasteiger partial charge on any atom is 0.131 e. The summed E-state index contributed by atoms with van der Waals surface area (Å²) in [4.78, 5) is 4.00. The number of fused-ring (bicyclic) bond motifs is 1. The molecule has 100 valence electrons. The van der Waals surface area contributed by atoms with Gasteiger partial charge in [0.15, 0.2) is 0 Å². The van der Waals surface area contributed by atoms with Crippen molar-refractivity contribution in [1.82, 2.24) is 4.98 Å². The van der Waals surface area contributed by atoms with Crippen molar-refractivity contribution >= 4 is 10.8 Å². The van der Waals surface area contributed by atoms with E-state index in [4.69, 9.17) is 5.73 Å². The molecule has 2 nitrogen and oxygen atoms in total. The van der Waals surface area contributed by atoms with Crippen molar-refractivity contribution in [3.63, 3.8) is 0 Å². The first kappa shape index (κ1) is 12.8. The maximum absolute atomic E-state index is 13.8. The number of nitrogens with zero attached hydrogens (tertiary/aromatic N) is 1. The fourth-order valence-electron chi connectivity index (χ4n) is 2.49. The zero-order valence-corrected chi connectivity index (χ0v) is 11.0. The molecule has 0 saturated carbocycles. The van der Waals surface area contributed by atoms with Gasteiger partial charge in [-0.25, -0.2) is 4.39 Å². The van der Waals surface area contributed by atoms with Crippen molar-refractivity contribution in [3.05, 3.63) is 77.9 Å². The Morgan fingerprint density at radius 1 is 0.950 bits per heavy atom. The number of rotatable bonds is 3. The Morgan fingerprint density at radius 3 is 2.40 bits per heavy atom. The normalized spacial score (nSPS) is 12.5. The van der Waals surface area contributed by atoms with E-state index in [1.807, 2.05) is 30.3 Å². The van der Waals surface area contributed by atoms with Gasteiger partial charge < -0.3 is 5.73 Å². The van der Waals surface area contributed by atoms with Crippen LogP contribution in [-0.4, -0.2) is 4.98 Å². The second-order valence-corrected chi connectivity index (χ2v) is 4.85. The molecule has 1 heterocycles. The zero-order valence-electron chi connectivity index (χ0n) is 11.0. The quantitative estimate of drug-likeness (QED) is 0.786. The molecule has 0 saturated heterocycles. The van der Waals surface area contributed by atoms with E-state index in [2.05, 4.69) is 4.98 Å². The summed E-state index contributed by atoms with van der Waals surface area (Å²) in [6.45, 7) is 0. The molecule has 0 amide bonds. The molecule has 0 aliphatic heterocycles. The summed E-state index contributed by atoms with van der Waals surface area (Å²) < 4.78 is 13.8. The minimum atomic E-state index is -0.208. The lowest BCUT2D eigenvalue weighted by molar-refractivity contribution is 0.637. The van der Waals surface area contributed by atoms with Crippen molar-refractivity contribution in [3.8, 4) is 0 Å². The van der Waals surface area contributed by atoms with Crippen LogP contribution < -0.4 is 5.73 Å². The summed E-state index contributed by atoms with van der Waals surface area (Å²) in [6, 6.07) is 14.5. The van der Waals surface area contributed by atoms with Crippen molar-refractivity contribution in [2.45, 2.75) is 12.5 Å². The molecule has 2 N–H and O–H groups in total. The third-order valence-corrected chi connectivity index (χ3v) is 3.51. The number of hydrogen-bond donors (Lipinski definition) is 1. The molecular weight excluding hydrogens is 251 g/mol. The van der Waals surface area contributed by atoms with Crippen LogP contribution in [-0.2, 0) is 6.42 Å². The number of aromatic nitrogens is 1. The van der Waals surface area contributed by atoms with E-state index in [1.54, 1.807) is 24.5 Å². The number of halogens is 1. The van der Waals surface area contributed by atoms with E-state index in [-0.39, 0.29) is 11.9 Å². The fraction of sp³-hybridized carbons (Fsp3) is 0.118. The number of nitrogens with two attached hydrogens (primary N) is 1. The summed E-state index contributed by atoms with van der Waals surface area (Å²) in [5.41, 5.74) is 8.40. The van der Waals surface area contributed by atoms with Crippen LogP contribution in [0.2, 0.25) is 0 Å². The highest BCUT2D eigenvalue weighted by Crippen LogP contribution is 2.27. The molecule has 1 atom stereocenters. The average molecular weight is 266 g/mol. The molecule has 0 spiro atoms. The van der Waals surface area contributed by atoms with Gasteiger partial charge in [-0.05, 0) is 41.1 Å². The highest BCUT2D eigenvalue weighted by Gasteiger charge is 2.12. The molecule has 0 bridgehead atoms. The van der Waals surface area contributed by atoms with Gasteiger partial charge in [-0.15, -0.1) is 0 Å². The highest BCUT2D eigenvalue weighted by atomic mass is 19.1. The SMILES string of the molecule is NC(Cc1ccncc1)c1ccc(F)c2ccccc12. The minimum Gasteiger partial charge on any atom is -0.324 e. The molecule has 3 aromatic rings. The minimum absolute atomic E-state index is 0.164. The number of pyridine rings is 1. The standard InChI is InChI=1S/C17H15FN2/c18-16-6-5-15(13-3-1-2-4-14(13)16)17(19)11-12-7-9-20-10-8-12/h1-10,17H,11,19H2. The predicted octanol–water partition coefficient (Wildman–Crippen LogP) is 3.62. The van der Waals surface area contributed by atoms with Crippen molar-refractivity contribution < 1.29 is 4.39 Å². The van der Waals surface area contributed by atoms with Crippen molar-refractivity contribution in [2.75, 3.05) is 0 Å². The van der Waals surface area contributed by atoms with Gasteiger partial charge in [0, 0.05) is 23.8 Å². The van der Waals surface area contributed by atoms with Crippen LogP contribution in [0.1, 0.15) is 17.2 Å². The summed E-state index contributed by atoms with van der Waals surface area (Å²) in [7, 11) is 0. The van der Waals surface area contributed by atoms with Gasteiger partial charge in [-0.1, -0.05) is 30.3 Å². The lowest BCUT2D eigenvalue weighted by Gasteiger charge is -2.15. The average Bonchev–Trinajstić information content (AvgIpc) is 2.49. The van der Waals surface area contributed by atoms with Gasteiger partial charge in [0.25, 0.3) is 0 Å². The lowest BCUT2D eigenvalue weighted by atomic mass is 9.95. The van der Waals surface area contributed by atoms with E-state index in [0.29, 0.717) is 11.8 Å². The topological polar surface area (TPSA) is 38.9 Å². The van der Waals surface area contributed by atoms with Crippen LogP contribution in [0.25, 0.3) is 10.8 Å².